The molecule has 0 radical (unpaired) electrons. The van der Waals surface area contributed by atoms with E-state index in [9.17, 15) is 9.59 Å². The van der Waals surface area contributed by atoms with Gasteiger partial charge in [-0.25, -0.2) is 4.79 Å². The van der Waals surface area contributed by atoms with Crippen molar-refractivity contribution in [2.24, 2.45) is 5.92 Å². The number of aromatic nitrogens is 1. The van der Waals surface area contributed by atoms with Crippen molar-refractivity contribution in [3.8, 4) is 0 Å². The van der Waals surface area contributed by atoms with Crippen molar-refractivity contribution >= 4 is 12.0 Å². The van der Waals surface area contributed by atoms with Crippen LogP contribution in [0.1, 0.15) is 25.0 Å². The molecule has 0 unspecified atom stereocenters. The largest absolute Gasteiger partial charge is 0.445 e. The molecule has 6 nitrogen and oxygen atoms in total. The SMILES string of the molecule is CC(C)[C@@H](NC(=O)OCc1ccccc1)C(=O)N(C)CCc1ccncc1. The highest BCUT2D eigenvalue weighted by Crippen LogP contribution is 2.08. The average Bonchev–Trinajstić information content (AvgIpc) is 2.69. The minimum Gasteiger partial charge on any atom is -0.445 e. The molecule has 0 aliphatic rings. The zero-order valence-corrected chi connectivity index (χ0v) is 16.1. The van der Waals surface area contributed by atoms with Crippen LogP contribution >= 0.6 is 0 Å². The topological polar surface area (TPSA) is 71.5 Å². The highest BCUT2D eigenvalue weighted by atomic mass is 16.5. The first-order valence-electron chi connectivity index (χ1n) is 9.08. The first kappa shape index (κ1) is 20.4. The summed E-state index contributed by atoms with van der Waals surface area (Å²) in [5.74, 6) is -0.180. The Morgan fingerprint density at radius 2 is 1.74 bits per heavy atom. The summed E-state index contributed by atoms with van der Waals surface area (Å²) in [5.41, 5.74) is 2.01. The molecule has 1 heterocycles. The summed E-state index contributed by atoms with van der Waals surface area (Å²) in [6.45, 7) is 4.53. The van der Waals surface area contributed by atoms with Gasteiger partial charge in [0, 0.05) is 26.0 Å². The molecule has 0 aliphatic heterocycles. The minimum atomic E-state index is -0.629. The zero-order chi connectivity index (χ0) is 19.6. The second-order valence-electron chi connectivity index (χ2n) is 6.79. The molecule has 1 aromatic carbocycles. The fraction of sp³-hybridized carbons (Fsp3) is 0.381. The molecular formula is C21H27N3O3. The molecule has 0 saturated heterocycles. The summed E-state index contributed by atoms with van der Waals surface area (Å²) in [5, 5.41) is 2.70. The number of hydrogen-bond acceptors (Lipinski definition) is 4. The fourth-order valence-corrected chi connectivity index (χ4v) is 2.60. The van der Waals surface area contributed by atoms with E-state index < -0.39 is 12.1 Å². The number of hydrogen-bond donors (Lipinski definition) is 1. The maximum absolute atomic E-state index is 12.8. The van der Waals surface area contributed by atoms with Gasteiger partial charge in [0.25, 0.3) is 0 Å². The van der Waals surface area contributed by atoms with E-state index in [0.717, 1.165) is 17.5 Å². The van der Waals surface area contributed by atoms with E-state index in [1.807, 2.05) is 56.3 Å². The molecule has 0 aliphatic carbocycles. The summed E-state index contributed by atoms with van der Waals surface area (Å²) in [7, 11) is 1.75. The third-order valence-electron chi connectivity index (χ3n) is 4.28. The number of nitrogens with one attached hydrogen (secondary N) is 1. The highest BCUT2D eigenvalue weighted by molar-refractivity contribution is 5.85. The Kier molecular flexibility index (Phi) is 7.79. The van der Waals surface area contributed by atoms with E-state index in [2.05, 4.69) is 10.3 Å². The van der Waals surface area contributed by atoms with Crippen molar-refractivity contribution in [1.29, 1.82) is 0 Å². The van der Waals surface area contributed by atoms with Crippen LogP contribution in [-0.4, -0.2) is 41.5 Å². The first-order chi connectivity index (χ1) is 13.0. The number of benzene rings is 1. The predicted molar refractivity (Wildman–Crippen MR) is 104 cm³/mol. The standard InChI is InChI=1S/C21H27N3O3/c1-16(2)19(23-21(26)27-15-18-7-5-4-6-8-18)20(25)24(3)14-11-17-9-12-22-13-10-17/h4-10,12-13,16,19H,11,14-15H2,1-3H3,(H,23,26)/t19-/m1/s1. The minimum absolute atomic E-state index is 0.0508. The number of amides is 2. The molecule has 2 rings (SSSR count). The second-order valence-corrected chi connectivity index (χ2v) is 6.79. The monoisotopic (exact) mass is 369 g/mol. The first-order valence-corrected chi connectivity index (χ1v) is 9.08. The molecule has 6 heteroatoms. The fourth-order valence-electron chi connectivity index (χ4n) is 2.60. The Bertz CT molecular complexity index is 720. The van der Waals surface area contributed by atoms with Crippen LogP contribution in [0.15, 0.2) is 54.9 Å². The van der Waals surface area contributed by atoms with Gasteiger partial charge >= 0.3 is 6.09 Å². The summed E-state index contributed by atoms with van der Waals surface area (Å²) < 4.78 is 5.24. The van der Waals surface area contributed by atoms with Gasteiger partial charge in [-0.05, 0) is 35.6 Å². The second kappa shape index (κ2) is 10.3. The quantitative estimate of drug-likeness (QED) is 0.776. The summed E-state index contributed by atoms with van der Waals surface area (Å²) in [6.07, 6.45) is 3.61. The summed E-state index contributed by atoms with van der Waals surface area (Å²) in [4.78, 5) is 30.5. The third kappa shape index (κ3) is 6.73. The Hall–Kier alpha value is -2.89. The number of rotatable bonds is 8. The van der Waals surface area contributed by atoms with Crippen LogP contribution in [0.3, 0.4) is 0 Å². The molecule has 2 amide bonds. The zero-order valence-electron chi connectivity index (χ0n) is 16.1. The summed E-state index contributed by atoms with van der Waals surface area (Å²) in [6, 6.07) is 12.7. The number of carbonyl (C=O) groups excluding carboxylic acids is 2. The molecule has 2 aromatic rings. The average molecular weight is 369 g/mol. The van der Waals surface area contributed by atoms with Crippen LogP contribution in [0.2, 0.25) is 0 Å². The number of nitrogens with zero attached hydrogens (tertiary/aromatic N) is 2. The lowest BCUT2D eigenvalue weighted by atomic mass is 10.0. The Morgan fingerprint density at radius 1 is 1.07 bits per heavy atom. The Morgan fingerprint density at radius 3 is 2.37 bits per heavy atom. The van der Waals surface area contributed by atoms with E-state index >= 15 is 0 Å². The molecule has 0 fully saturated rings. The van der Waals surface area contributed by atoms with Crippen molar-refractivity contribution in [3.63, 3.8) is 0 Å². The van der Waals surface area contributed by atoms with Gasteiger partial charge in [0.05, 0.1) is 0 Å². The van der Waals surface area contributed by atoms with Crippen molar-refractivity contribution in [2.75, 3.05) is 13.6 Å². The maximum Gasteiger partial charge on any atom is 0.408 e. The molecule has 1 N–H and O–H groups in total. The van der Waals surface area contributed by atoms with E-state index in [1.54, 1.807) is 24.3 Å². The summed E-state index contributed by atoms with van der Waals surface area (Å²) >= 11 is 0. The number of ether oxygens (including phenoxy) is 1. The van der Waals surface area contributed by atoms with Crippen LogP contribution < -0.4 is 5.32 Å². The molecule has 144 valence electrons. The van der Waals surface area contributed by atoms with Crippen LogP contribution in [0.5, 0.6) is 0 Å². The van der Waals surface area contributed by atoms with Gasteiger partial charge in [0.15, 0.2) is 0 Å². The number of alkyl carbamates (subject to hydrolysis) is 1. The van der Waals surface area contributed by atoms with Crippen molar-refractivity contribution in [2.45, 2.75) is 32.9 Å². The molecule has 0 saturated carbocycles. The Labute approximate surface area is 160 Å². The predicted octanol–water partition coefficient (Wildman–Crippen LogP) is 3.03. The van der Waals surface area contributed by atoms with E-state index in [0.29, 0.717) is 6.54 Å². The van der Waals surface area contributed by atoms with Crippen LogP contribution in [0, 0.1) is 5.92 Å². The van der Waals surface area contributed by atoms with Crippen molar-refractivity contribution in [3.05, 3.63) is 66.0 Å². The van der Waals surface area contributed by atoms with Crippen LogP contribution in [0.4, 0.5) is 4.79 Å². The molecule has 1 aromatic heterocycles. The van der Waals surface area contributed by atoms with Gasteiger partial charge in [-0.1, -0.05) is 44.2 Å². The number of carbonyl (C=O) groups is 2. The van der Waals surface area contributed by atoms with Crippen LogP contribution in [0.25, 0.3) is 0 Å². The van der Waals surface area contributed by atoms with Gasteiger partial charge in [-0.15, -0.1) is 0 Å². The maximum atomic E-state index is 12.8. The molecule has 1 atom stereocenters. The molecule has 27 heavy (non-hydrogen) atoms. The van der Waals surface area contributed by atoms with Crippen LogP contribution in [-0.2, 0) is 22.6 Å². The van der Waals surface area contributed by atoms with Crippen molar-refractivity contribution in [1.82, 2.24) is 15.2 Å². The van der Waals surface area contributed by atoms with Crippen molar-refractivity contribution < 1.29 is 14.3 Å². The van der Waals surface area contributed by atoms with Gasteiger partial charge in [-0.2, -0.15) is 0 Å². The number of pyridine rings is 1. The molecular weight excluding hydrogens is 342 g/mol. The van der Waals surface area contributed by atoms with E-state index in [-0.39, 0.29) is 18.4 Å². The van der Waals surface area contributed by atoms with Gasteiger partial charge in [0.2, 0.25) is 5.91 Å². The normalized spacial score (nSPS) is 11.7. The third-order valence-corrected chi connectivity index (χ3v) is 4.28. The molecule has 0 spiro atoms. The molecule has 0 bridgehead atoms. The highest BCUT2D eigenvalue weighted by Gasteiger charge is 2.27. The van der Waals surface area contributed by atoms with Gasteiger partial charge in [-0.3, -0.25) is 9.78 Å². The lowest BCUT2D eigenvalue weighted by molar-refractivity contribution is -0.133. The van der Waals surface area contributed by atoms with E-state index in [4.69, 9.17) is 4.74 Å². The lowest BCUT2D eigenvalue weighted by Crippen LogP contribution is -2.50. The number of likely N-dealkylation sites (N-methyl/N-ethyl adjacent to an activating group) is 1. The Balaban J connectivity index is 1.86. The smallest absolute Gasteiger partial charge is 0.408 e. The van der Waals surface area contributed by atoms with Gasteiger partial charge < -0.3 is 15.0 Å². The van der Waals surface area contributed by atoms with Gasteiger partial charge in [0.1, 0.15) is 12.6 Å². The van der Waals surface area contributed by atoms with E-state index in [1.165, 1.54) is 0 Å². The lowest BCUT2D eigenvalue weighted by Gasteiger charge is -2.27.